The van der Waals surface area contributed by atoms with Crippen molar-refractivity contribution in [1.82, 2.24) is 10.2 Å². The van der Waals surface area contributed by atoms with E-state index in [1.807, 2.05) is 6.08 Å². The summed E-state index contributed by atoms with van der Waals surface area (Å²) in [6.45, 7) is 5.94. The topological polar surface area (TPSA) is 15.3 Å². The molecule has 0 aliphatic carbocycles. The molecular formula is C11H21ClN2. The van der Waals surface area contributed by atoms with Gasteiger partial charge in [0.25, 0.3) is 0 Å². The van der Waals surface area contributed by atoms with Crippen molar-refractivity contribution in [3.8, 4) is 0 Å². The van der Waals surface area contributed by atoms with Crippen LogP contribution in [0.2, 0.25) is 0 Å². The van der Waals surface area contributed by atoms with Crippen molar-refractivity contribution in [3.63, 3.8) is 0 Å². The van der Waals surface area contributed by atoms with Crippen LogP contribution in [0.4, 0.5) is 0 Å². The minimum Gasteiger partial charge on any atom is -0.313 e. The summed E-state index contributed by atoms with van der Waals surface area (Å²) in [5.74, 6) is 0.620. The molecule has 0 unspecified atom stereocenters. The van der Waals surface area contributed by atoms with Crippen molar-refractivity contribution >= 4 is 11.6 Å². The molecule has 2 nitrogen and oxygen atoms in total. The van der Waals surface area contributed by atoms with Gasteiger partial charge < -0.3 is 10.2 Å². The Hall–Kier alpha value is -0.0500. The van der Waals surface area contributed by atoms with E-state index in [4.69, 9.17) is 11.6 Å². The third kappa shape index (κ3) is 5.63. The molecule has 1 aliphatic rings. The third-order valence-corrected chi connectivity index (χ3v) is 2.72. The third-order valence-electron chi connectivity index (χ3n) is 2.54. The normalized spacial score (nSPS) is 18.4. The molecule has 0 atom stereocenters. The number of nitrogens with one attached hydrogen (secondary N) is 1. The number of alkyl halides is 1. The van der Waals surface area contributed by atoms with Crippen molar-refractivity contribution in [1.29, 1.82) is 0 Å². The molecule has 1 rings (SSSR count). The summed E-state index contributed by atoms with van der Waals surface area (Å²) in [5.41, 5.74) is 0. The van der Waals surface area contributed by atoms with Gasteiger partial charge in [0.15, 0.2) is 0 Å². The Balaban J connectivity index is 1.81. The van der Waals surface area contributed by atoms with Gasteiger partial charge in [-0.25, -0.2) is 0 Å². The number of hydrogen-bond donors (Lipinski definition) is 1. The molecule has 1 heterocycles. The van der Waals surface area contributed by atoms with E-state index in [0.717, 1.165) is 13.1 Å². The second-order valence-corrected chi connectivity index (χ2v) is 4.04. The van der Waals surface area contributed by atoms with Gasteiger partial charge >= 0.3 is 0 Å². The minimum absolute atomic E-state index is 0.620. The standard InChI is InChI=1S/C11H21ClN2/c12-6-1-2-7-13-8-5-11-14-9-3-4-10-14/h1-2,13H,3-11H2/b2-1+. The Morgan fingerprint density at radius 2 is 2.00 bits per heavy atom. The molecule has 0 radical (unpaired) electrons. The van der Waals surface area contributed by atoms with Gasteiger partial charge in [-0.3, -0.25) is 0 Å². The number of allylic oxidation sites excluding steroid dienone is 1. The van der Waals surface area contributed by atoms with Crippen LogP contribution in [0.15, 0.2) is 12.2 Å². The second-order valence-electron chi connectivity index (χ2n) is 3.73. The first-order chi connectivity index (χ1) is 6.93. The number of likely N-dealkylation sites (tertiary alicyclic amines) is 1. The SMILES string of the molecule is ClC/C=C/CNCCCN1CCCC1. The fraction of sp³-hybridized carbons (Fsp3) is 0.818. The van der Waals surface area contributed by atoms with Crippen LogP contribution in [0.25, 0.3) is 0 Å². The molecule has 1 aliphatic heterocycles. The largest absolute Gasteiger partial charge is 0.313 e. The lowest BCUT2D eigenvalue weighted by Gasteiger charge is -2.13. The maximum absolute atomic E-state index is 5.51. The first-order valence-electron chi connectivity index (χ1n) is 5.57. The quantitative estimate of drug-likeness (QED) is 0.397. The molecule has 1 fully saturated rings. The second kappa shape index (κ2) is 8.27. The predicted molar refractivity (Wildman–Crippen MR) is 63.0 cm³/mol. The molecule has 1 N–H and O–H groups in total. The highest BCUT2D eigenvalue weighted by atomic mass is 35.5. The van der Waals surface area contributed by atoms with Crippen LogP contribution < -0.4 is 5.32 Å². The minimum atomic E-state index is 0.620. The van der Waals surface area contributed by atoms with Gasteiger partial charge in [-0.15, -0.1) is 11.6 Å². The molecule has 1 saturated heterocycles. The Morgan fingerprint density at radius 3 is 2.71 bits per heavy atom. The molecule has 14 heavy (non-hydrogen) atoms. The summed E-state index contributed by atoms with van der Waals surface area (Å²) in [7, 11) is 0. The van der Waals surface area contributed by atoms with Gasteiger partial charge in [-0.1, -0.05) is 12.2 Å². The van der Waals surface area contributed by atoms with E-state index in [1.165, 1.54) is 38.9 Å². The predicted octanol–water partition coefficient (Wildman–Crippen LogP) is 1.86. The van der Waals surface area contributed by atoms with Crippen LogP contribution in [0.1, 0.15) is 19.3 Å². The summed E-state index contributed by atoms with van der Waals surface area (Å²) in [4.78, 5) is 2.55. The van der Waals surface area contributed by atoms with Crippen molar-refractivity contribution in [2.24, 2.45) is 0 Å². The highest BCUT2D eigenvalue weighted by Crippen LogP contribution is 2.06. The number of rotatable bonds is 7. The van der Waals surface area contributed by atoms with Gasteiger partial charge in [-0.05, 0) is 45.4 Å². The van der Waals surface area contributed by atoms with Gasteiger partial charge in [0, 0.05) is 12.4 Å². The van der Waals surface area contributed by atoms with Crippen molar-refractivity contribution < 1.29 is 0 Å². The lowest BCUT2D eigenvalue weighted by atomic mass is 10.4. The fourth-order valence-corrected chi connectivity index (χ4v) is 1.89. The number of halogens is 1. The number of nitrogens with zero attached hydrogens (tertiary/aromatic N) is 1. The van der Waals surface area contributed by atoms with Crippen LogP contribution in [-0.4, -0.2) is 43.5 Å². The molecule has 0 spiro atoms. The van der Waals surface area contributed by atoms with Crippen LogP contribution in [0.3, 0.4) is 0 Å². The molecule has 0 bridgehead atoms. The fourth-order valence-electron chi connectivity index (χ4n) is 1.77. The zero-order valence-corrected chi connectivity index (χ0v) is 9.60. The Kier molecular flexibility index (Phi) is 7.10. The van der Waals surface area contributed by atoms with Gasteiger partial charge in [0.2, 0.25) is 0 Å². The average molecular weight is 217 g/mol. The molecule has 0 aromatic carbocycles. The summed E-state index contributed by atoms with van der Waals surface area (Å²) in [6, 6.07) is 0. The van der Waals surface area contributed by atoms with Crippen LogP contribution in [0.5, 0.6) is 0 Å². The number of hydrogen-bond acceptors (Lipinski definition) is 2. The molecule has 0 saturated carbocycles. The van der Waals surface area contributed by atoms with E-state index in [9.17, 15) is 0 Å². The molecular weight excluding hydrogens is 196 g/mol. The Morgan fingerprint density at radius 1 is 1.21 bits per heavy atom. The highest BCUT2D eigenvalue weighted by molar-refractivity contribution is 6.18. The molecule has 0 aromatic heterocycles. The Labute approximate surface area is 92.3 Å². The lowest BCUT2D eigenvalue weighted by Crippen LogP contribution is -2.24. The van der Waals surface area contributed by atoms with Crippen LogP contribution >= 0.6 is 11.6 Å². The van der Waals surface area contributed by atoms with Crippen LogP contribution in [0, 0.1) is 0 Å². The summed E-state index contributed by atoms with van der Waals surface area (Å²) in [5, 5.41) is 3.37. The summed E-state index contributed by atoms with van der Waals surface area (Å²) in [6.07, 6.45) is 8.12. The zero-order valence-electron chi connectivity index (χ0n) is 8.84. The van der Waals surface area contributed by atoms with Crippen LogP contribution in [-0.2, 0) is 0 Å². The smallest absolute Gasteiger partial charge is 0.0404 e. The van der Waals surface area contributed by atoms with Crippen molar-refractivity contribution in [2.75, 3.05) is 38.6 Å². The van der Waals surface area contributed by atoms with E-state index < -0.39 is 0 Å². The van der Waals surface area contributed by atoms with E-state index in [-0.39, 0.29) is 0 Å². The lowest BCUT2D eigenvalue weighted by molar-refractivity contribution is 0.332. The van der Waals surface area contributed by atoms with E-state index in [1.54, 1.807) is 0 Å². The van der Waals surface area contributed by atoms with Gasteiger partial charge in [-0.2, -0.15) is 0 Å². The average Bonchev–Trinajstić information content (AvgIpc) is 2.69. The maximum Gasteiger partial charge on any atom is 0.0404 e. The van der Waals surface area contributed by atoms with Gasteiger partial charge in [0.05, 0.1) is 0 Å². The van der Waals surface area contributed by atoms with Gasteiger partial charge in [0.1, 0.15) is 0 Å². The van der Waals surface area contributed by atoms with E-state index >= 15 is 0 Å². The molecule has 82 valence electrons. The van der Waals surface area contributed by atoms with Crippen molar-refractivity contribution in [3.05, 3.63) is 12.2 Å². The highest BCUT2D eigenvalue weighted by Gasteiger charge is 2.09. The van der Waals surface area contributed by atoms with Crippen molar-refractivity contribution in [2.45, 2.75) is 19.3 Å². The van der Waals surface area contributed by atoms with E-state index in [2.05, 4.69) is 16.3 Å². The first kappa shape index (κ1) is 12.0. The molecule has 0 aromatic rings. The Bertz CT molecular complexity index is 153. The maximum atomic E-state index is 5.51. The summed E-state index contributed by atoms with van der Waals surface area (Å²) >= 11 is 5.51. The molecule has 3 heteroatoms. The first-order valence-corrected chi connectivity index (χ1v) is 6.11. The van der Waals surface area contributed by atoms with E-state index in [0.29, 0.717) is 5.88 Å². The zero-order chi connectivity index (χ0) is 10.1. The monoisotopic (exact) mass is 216 g/mol. The molecule has 0 amide bonds. The summed E-state index contributed by atoms with van der Waals surface area (Å²) < 4.78 is 0.